The molecule has 2 rings (SSSR count). The number of nitrogens with zero attached hydrogens (tertiary/aromatic N) is 1. The highest BCUT2D eigenvalue weighted by Gasteiger charge is 2.07. The normalized spacial score (nSPS) is 10.8. The molecule has 1 N–H and O–H groups in total. The lowest BCUT2D eigenvalue weighted by atomic mass is 10.3. The average Bonchev–Trinajstić information content (AvgIpc) is 2.41. The van der Waals surface area contributed by atoms with E-state index < -0.39 is 0 Å². The Kier molecular flexibility index (Phi) is 1.81. The minimum Gasteiger partial charge on any atom is -0.506 e. The second kappa shape index (κ2) is 2.71. The molecule has 0 unspecified atom stereocenters. The first kappa shape index (κ1) is 8.01. The van der Waals surface area contributed by atoms with Crippen LogP contribution < -0.4 is 0 Å². The van der Waals surface area contributed by atoms with E-state index in [0.29, 0.717) is 5.52 Å². The van der Waals surface area contributed by atoms with Gasteiger partial charge in [-0.15, -0.1) is 11.3 Å². The molecule has 0 atom stereocenters. The van der Waals surface area contributed by atoms with Crippen LogP contribution in [0.1, 0.15) is 5.01 Å². The minimum absolute atomic E-state index is 0.248. The first-order valence-electron chi connectivity index (χ1n) is 3.43. The highest BCUT2D eigenvalue weighted by Crippen LogP contribution is 2.34. The van der Waals surface area contributed by atoms with E-state index in [0.717, 1.165) is 14.2 Å². The van der Waals surface area contributed by atoms with E-state index in [1.807, 2.05) is 13.0 Å². The molecular formula is C8H6BrNOS. The van der Waals surface area contributed by atoms with Crippen molar-refractivity contribution in [2.24, 2.45) is 0 Å². The second-order valence-corrected chi connectivity index (χ2v) is 4.53. The molecule has 1 heterocycles. The van der Waals surface area contributed by atoms with Gasteiger partial charge < -0.3 is 5.11 Å². The van der Waals surface area contributed by atoms with Crippen molar-refractivity contribution in [1.29, 1.82) is 0 Å². The Morgan fingerprint density at radius 1 is 1.50 bits per heavy atom. The van der Waals surface area contributed by atoms with Crippen molar-refractivity contribution in [1.82, 2.24) is 4.98 Å². The number of thiazole rings is 1. The summed E-state index contributed by atoms with van der Waals surface area (Å²) in [6.07, 6.45) is 0. The van der Waals surface area contributed by atoms with Crippen molar-refractivity contribution in [3.05, 3.63) is 21.6 Å². The van der Waals surface area contributed by atoms with Crippen LogP contribution in [0.25, 0.3) is 10.2 Å². The number of aromatic hydroxyl groups is 1. The number of hydrogen-bond acceptors (Lipinski definition) is 3. The Morgan fingerprint density at radius 3 is 2.92 bits per heavy atom. The number of aryl methyl sites for hydroxylation is 1. The van der Waals surface area contributed by atoms with E-state index in [2.05, 4.69) is 20.9 Å². The molecule has 2 aromatic rings. The fourth-order valence-corrected chi connectivity index (χ4v) is 2.48. The molecule has 4 heteroatoms. The number of phenols is 1. The van der Waals surface area contributed by atoms with E-state index in [-0.39, 0.29) is 5.75 Å². The Balaban J connectivity index is 2.93. The van der Waals surface area contributed by atoms with Crippen LogP contribution in [-0.2, 0) is 0 Å². The number of rotatable bonds is 0. The smallest absolute Gasteiger partial charge is 0.142 e. The van der Waals surface area contributed by atoms with E-state index in [4.69, 9.17) is 0 Å². The van der Waals surface area contributed by atoms with Crippen molar-refractivity contribution in [3.8, 4) is 5.75 Å². The molecule has 0 saturated heterocycles. The first-order valence-corrected chi connectivity index (χ1v) is 5.04. The molecular weight excluding hydrogens is 238 g/mol. The van der Waals surface area contributed by atoms with Crippen LogP contribution in [0.2, 0.25) is 0 Å². The Labute approximate surface area is 82.0 Å². The number of aromatic nitrogens is 1. The van der Waals surface area contributed by atoms with Gasteiger partial charge in [0.2, 0.25) is 0 Å². The van der Waals surface area contributed by atoms with Gasteiger partial charge in [-0.2, -0.15) is 0 Å². The van der Waals surface area contributed by atoms with Crippen molar-refractivity contribution in [3.63, 3.8) is 0 Å². The third-order valence-corrected chi connectivity index (χ3v) is 3.51. The quantitative estimate of drug-likeness (QED) is 0.772. The van der Waals surface area contributed by atoms with Crippen molar-refractivity contribution >= 4 is 37.5 Å². The summed E-state index contributed by atoms with van der Waals surface area (Å²) in [5.41, 5.74) is 0.687. The predicted octanol–water partition coefficient (Wildman–Crippen LogP) is 3.07. The van der Waals surface area contributed by atoms with Gasteiger partial charge in [-0.3, -0.25) is 0 Å². The van der Waals surface area contributed by atoms with Crippen LogP contribution in [-0.4, -0.2) is 10.1 Å². The highest BCUT2D eigenvalue weighted by atomic mass is 79.9. The number of hydrogen-bond donors (Lipinski definition) is 1. The zero-order valence-corrected chi connectivity index (χ0v) is 8.74. The molecule has 0 aliphatic heterocycles. The van der Waals surface area contributed by atoms with Gasteiger partial charge in [0.25, 0.3) is 0 Å². The molecule has 1 aromatic carbocycles. The van der Waals surface area contributed by atoms with Gasteiger partial charge in [-0.05, 0) is 35.0 Å². The number of phenolic OH excluding ortho intramolecular Hbond substituents is 1. The van der Waals surface area contributed by atoms with E-state index in [1.165, 1.54) is 0 Å². The standard InChI is InChI=1S/C8H6BrNOS/c1-4-10-7-6(11)3-2-5(9)8(7)12-4/h2-3,11H,1H3. The molecule has 0 fully saturated rings. The molecule has 62 valence electrons. The summed E-state index contributed by atoms with van der Waals surface area (Å²) in [6.45, 7) is 1.93. The summed E-state index contributed by atoms with van der Waals surface area (Å²) in [7, 11) is 0. The number of benzene rings is 1. The molecule has 2 nitrogen and oxygen atoms in total. The zero-order chi connectivity index (χ0) is 8.72. The first-order chi connectivity index (χ1) is 5.68. The maximum absolute atomic E-state index is 9.43. The van der Waals surface area contributed by atoms with Gasteiger partial charge in [0.15, 0.2) is 0 Å². The lowest BCUT2D eigenvalue weighted by molar-refractivity contribution is 0.480. The molecule has 0 amide bonds. The summed E-state index contributed by atoms with van der Waals surface area (Å²) in [5.74, 6) is 0.248. The van der Waals surface area contributed by atoms with Crippen molar-refractivity contribution in [2.45, 2.75) is 6.92 Å². The molecule has 0 spiro atoms. The summed E-state index contributed by atoms with van der Waals surface area (Å²) < 4.78 is 1.99. The third-order valence-electron chi connectivity index (χ3n) is 1.58. The molecule has 0 aliphatic rings. The molecule has 12 heavy (non-hydrogen) atoms. The fourth-order valence-electron chi connectivity index (χ4n) is 1.07. The Bertz CT molecular complexity index is 399. The minimum atomic E-state index is 0.248. The number of halogens is 1. The monoisotopic (exact) mass is 243 g/mol. The SMILES string of the molecule is Cc1nc2c(O)ccc(Br)c2s1. The predicted molar refractivity (Wildman–Crippen MR) is 53.7 cm³/mol. The molecule has 0 radical (unpaired) electrons. The van der Waals surface area contributed by atoms with Crippen molar-refractivity contribution in [2.75, 3.05) is 0 Å². The lowest BCUT2D eigenvalue weighted by Crippen LogP contribution is -1.71. The highest BCUT2D eigenvalue weighted by molar-refractivity contribution is 9.10. The van der Waals surface area contributed by atoms with Gasteiger partial charge in [-0.25, -0.2) is 4.98 Å². The van der Waals surface area contributed by atoms with Crippen LogP contribution >= 0.6 is 27.3 Å². The summed E-state index contributed by atoms with van der Waals surface area (Å²) >= 11 is 4.98. The van der Waals surface area contributed by atoms with E-state index >= 15 is 0 Å². The van der Waals surface area contributed by atoms with Gasteiger partial charge in [-0.1, -0.05) is 0 Å². The molecule has 0 saturated carbocycles. The van der Waals surface area contributed by atoms with E-state index in [1.54, 1.807) is 17.4 Å². The Hall–Kier alpha value is -0.610. The topological polar surface area (TPSA) is 33.1 Å². The third kappa shape index (κ3) is 1.11. The second-order valence-electron chi connectivity index (χ2n) is 2.48. The molecule has 0 aliphatic carbocycles. The zero-order valence-electron chi connectivity index (χ0n) is 6.34. The van der Waals surface area contributed by atoms with Gasteiger partial charge in [0, 0.05) is 4.47 Å². The largest absolute Gasteiger partial charge is 0.506 e. The van der Waals surface area contributed by atoms with E-state index in [9.17, 15) is 5.11 Å². The van der Waals surface area contributed by atoms with Crippen LogP contribution in [0.15, 0.2) is 16.6 Å². The van der Waals surface area contributed by atoms with Crippen molar-refractivity contribution < 1.29 is 5.11 Å². The fraction of sp³-hybridized carbons (Fsp3) is 0.125. The van der Waals surface area contributed by atoms with Gasteiger partial charge >= 0.3 is 0 Å². The van der Waals surface area contributed by atoms with Gasteiger partial charge in [0.1, 0.15) is 11.3 Å². The van der Waals surface area contributed by atoms with Gasteiger partial charge in [0.05, 0.1) is 9.71 Å². The Morgan fingerprint density at radius 2 is 2.25 bits per heavy atom. The molecule has 1 aromatic heterocycles. The van der Waals surface area contributed by atoms with Crippen LogP contribution in [0, 0.1) is 6.92 Å². The van der Waals surface area contributed by atoms with Crippen LogP contribution in [0.5, 0.6) is 5.75 Å². The number of fused-ring (bicyclic) bond motifs is 1. The van der Waals surface area contributed by atoms with Crippen LogP contribution in [0.3, 0.4) is 0 Å². The summed E-state index contributed by atoms with van der Waals surface area (Å²) in [4.78, 5) is 4.21. The lowest BCUT2D eigenvalue weighted by Gasteiger charge is -1.93. The maximum atomic E-state index is 9.43. The molecule has 0 bridgehead atoms. The maximum Gasteiger partial charge on any atom is 0.142 e. The van der Waals surface area contributed by atoms with Crippen LogP contribution in [0.4, 0.5) is 0 Å². The summed E-state index contributed by atoms with van der Waals surface area (Å²) in [5, 5.41) is 10.4. The average molecular weight is 244 g/mol. The summed E-state index contributed by atoms with van der Waals surface area (Å²) in [6, 6.07) is 3.47.